The minimum atomic E-state index is 1.05. The first-order valence-electron chi connectivity index (χ1n) is 6.50. The summed E-state index contributed by atoms with van der Waals surface area (Å²) in [5.74, 6) is 0. The molecule has 1 rings (SSSR count). The summed E-state index contributed by atoms with van der Waals surface area (Å²) >= 11 is 0. The molecule has 0 unspecified atom stereocenters. The molecule has 0 fully saturated rings. The van der Waals surface area contributed by atoms with Gasteiger partial charge in [0, 0.05) is 0 Å². The first-order valence-corrected chi connectivity index (χ1v) is 6.50. The summed E-state index contributed by atoms with van der Waals surface area (Å²) in [5, 5.41) is 0. The molecule has 0 amide bonds. The Hall–Kier alpha value is -1.30. The Morgan fingerprint density at radius 1 is 1.29 bits per heavy atom. The van der Waals surface area contributed by atoms with E-state index in [0.29, 0.717) is 0 Å². The van der Waals surface area contributed by atoms with E-state index in [1.54, 1.807) is 0 Å². The fraction of sp³-hybridized carbons (Fsp3) is 0.412. The van der Waals surface area contributed by atoms with Crippen molar-refractivity contribution in [3.63, 3.8) is 0 Å². The molecule has 0 aliphatic carbocycles. The zero-order valence-electron chi connectivity index (χ0n) is 11.6. The van der Waals surface area contributed by atoms with Gasteiger partial charge in [0.15, 0.2) is 0 Å². The Morgan fingerprint density at radius 3 is 2.47 bits per heavy atom. The lowest BCUT2D eigenvalue weighted by atomic mass is 9.96. The van der Waals surface area contributed by atoms with Crippen molar-refractivity contribution in [3.05, 3.63) is 58.7 Å². The van der Waals surface area contributed by atoms with Crippen LogP contribution in [0.5, 0.6) is 0 Å². The molecule has 0 bridgehead atoms. The average Bonchev–Trinajstić information content (AvgIpc) is 2.29. The molecule has 0 aliphatic rings. The van der Waals surface area contributed by atoms with Gasteiger partial charge in [-0.15, -0.1) is 0 Å². The molecular formula is C17H24. The van der Waals surface area contributed by atoms with Gasteiger partial charge in [0.1, 0.15) is 0 Å². The molecule has 0 radical (unpaired) electrons. The van der Waals surface area contributed by atoms with E-state index < -0.39 is 0 Å². The largest absolute Gasteiger partial charge is 0.0961 e. The third kappa shape index (κ3) is 4.22. The van der Waals surface area contributed by atoms with Gasteiger partial charge in [-0.25, -0.2) is 0 Å². The minimum Gasteiger partial charge on any atom is -0.0961 e. The van der Waals surface area contributed by atoms with Gasteiger partial charge in [-0.2, -0.15) is 0 Å². The third-order valence-corrected chi connectivity index (χ3v) is 3.14. The summed E-state index contributed by atoms with van der Waals surface area (Å²) in [6.45, 7) is 12.6. The molecule has 0 heterocycles. The highest BCUT2D eigenvalue weighted by Crippen LogP contribution is 2.18. The monoisotopic (exact) mass is 228 g/mol. The van der Waals surface area contributed by atoms with Crippen molar-refractivity contribution in [1.82, 2.24) is 0 Å². The summed E-state index contributed by atoms with van der Waals surface area (Å²) in [4.78, 5) is 0. The van der Waals surface area contributed by atoms with Gasteiger partial charge in [-0.3, -0.25) is 0 Å². The average molecular weight is 228 g/mol. The Bertz CT molecular complexity index is 422. The molecule has 0 aromatic heterocycles. The van der Waals surface area contributed by atoms with Crippen LogP contribution in [0.3, 0.4) is 0 Å². The van der Waals surface area contributed by atoms with Crippen molar-refractivity contribution < 1.29 is 0 Å². The molecule has 0 spiro atoms. The molecule has 92 valence electrons. The van der Waals surface area contributed by atoms with Crippen LogP contribution in [0.2, 0.25) is 0 Å². The van der Waals surface area contributed by atoms with Gasteiger partial charge in [0.05, 0.1) is 0 Å². The molecule has 1 aromatic carbocycles. The number of hydrogen-bond donors (Lipinski definition) is 0. The highest BCUT2D eigenvalue weighted by Gasteiger charge is 2.02. The van der Waals surface area contributed by atoms with Crippen LogP contribution in [-0.4, -0.2) is 0 Å². The molecular weight excluding hydrogens is 204 g/mol. The van der Waals surface area contributed by atoms with Crippen LogP contribution < -0.4 is 0 Å². The highest BCUT2D eigenvalue weighted by atomic mass is 14.1. The van der Waals surface area contributed by atoms with Crippen LogP contribution in [0.1, 0.15) is 43.9 Å². The second-order valence-electron chi connectivity index (χ2n) is 4.79. The number of benzene rings is 1. The van der Waals surface area contributed by atoms with Crippen LogP contribution in [0.4, 0.5) is 0 Å². The van der Waals surface area contributed by atoms with E-state index in [1.165, 1.54) is 22.3 Å². The van der Waals surface area contributed by atoms with E-state index in [1.807, 2.05) is 0 Å². The Labute approximate surface area is 106 Å². The molecule has 0 saturated carbocycles. The second kappa shape index (κ2) is 6.44. The van der Waals surface area contributed by atoms with E-state index >= 15 is 0 Å². The summed E-state index contributed by atoms with van der Waals surface area (Å²) < 4.78 is 0. The molecule has 0 nitrogen and oxygen atoms in total. The highest BCUT2D eigenvalue weighted by molar-refractivity contribution is 5.35. The summed E-state index contributed by atoms with van der Waals surface area (Å²) in [5.41, 5.74) is 6.88. The van der Waals surface area contributed by atoms with Gasteiger partial charge in [0.25, 0.3) is 0 Å². The lowest BCUT2D eigenvalue weighted by molar-refractivity contribution is 0.987. The van der Waals surface area contributed by atoms with Crippen molar-refractivity contribution >= 4 is 0 Å². The van der Waals surface area contributed by atoms with Crippen LogP contribution >= 0.6 is 0 Å². The number of aryl methyl sites for hydroxylation is 2. The Kier molecular flexibility index (Phi) is 5.21. The SMILES string of the molecule is C=C(C)/C=C(\CC)Cc1ccc(CC)cc1C. The van der Waals surface area contributed by atoms with Gasteiger partial charge in [-0.1, -0.05) is 55.8 Å². The minimum absolute atomic E-state index is 1.05. The van der Waals surface area contributed by atoms with Gasteiger partial charge < -0.3 is 0 Å². The van der Waals surface area contributed by atoms with Crippen molar-refractivity contribution in [2.24, 2.45) is 0 Å². The molecule has 0 N–H and O–H groups in total. The number of hydrogen-bond acceptors (Lipinski definition) is 0. The quantitative estimate of drug-likeness (QED) is 0.621. The molecule has 0 saturated heterocycles. The smallest absolute Gasteiger partial charge is 0.00614 e. The first-order chi connectivity index (χ1) is 8.06. The van der Waals surface area contributed by atoms with E-state index in [9.17, 15) is 0 Å². The predicted molar refractivity (Wildman–Crippen MR) is 77.4 cm³/mol. The standard InChI is InChI=1S/C17H24/c1-6-15-8-9-17(14(5)11-15)12-16(7-2)10-13(3)4/h8-11H,3,6-7,12H2,1-2,4-5H3/b16-10+. The predicted octanol–water partition coefficient (Wildman–Crippen LogP) is 5.01. The lowest BCUT2D eigenvalue weighted by Crippen LogP contribution is -1.95. The van der Waals surface area contributed by atoms with Gasteiger partial charge >= 0.3 is 0 Å². The number of rotatable bonds is 5. The molecule has 17 heavy (non-hydrogen) atoms. The fourth-order valence-corrected chi connectivity index (χ4v) is 2.05. The van der Waals surface area contributed by atoms with Crippen molar-refractivity contribution in [2.75, 3.05) is 0 Å². The van der Waals surface area contributed by atoms with Crippen LogP contribution in [0.25, 0.3) is 0 Å². The molecule has 0 aliphatic heterocycles. The summed E-state index contributed by atoms with van der Waals surface area (Å²) in [6.07, 6.45) is 5.48. The molecule has 1 aromatic rings. The van der Waals surface area contributed by atoms with Gasteiger partial charge in [-0.05, 0) is 49.8 Å². The van der Waals surface area contributed by atoms with E-state index in [0.717, 1.165) is 24.8 Å². The van der Waals surface area contributed by atoms with Gasteiger partial charge in [0.2, 0.25) is 0 Å². The maximum atomic E-state index is 3.96. The second-order valence-corrected chi connectivity index (χ2v) is 4.79. The number of allylic oxidation sites excluding steroid dienone is 3. The summed E-state index contributed by atoms with van der Waals surface area (Å²) in [7, 11) is 0. The molecule has 0 atom stereocenters. The fourth-order valence-electron chi connectivity index (χ4n) is 2.05. The van der Waals surface area contributed by atoms with Crippen LogP contribution in [0, 0.1) is 6.92 Å². The van der Waals surface area contributed by atoms with E-state index in [-0.39, 0.29) is 0 Å². The third-order valence-electron chi connectivity index (χ3n) is 3.14. The first kappa shape index (κ1) is 13.8. The van der Waals surface area contributed by atoms with Crippen LogP contribution in [-0.2, 0) is 12.8 Å². The zero-order valence-corrected chi connectivity index (χ0v) is 11.6. The van der Waals surface area contributed by atoms with Crippen molar-refractivity contribution in [2.45, 2.75) is 47.0 Å². The topological polar surface area (TPSA) is 0 Å². The Balaban J connectivity index is 2.91. The lowest BCUT2D eigenvalue weighted by Gasteiger charge is -2.10. The molecule has 0 heteroatoms. The van der Waals surface area contributed by atoms with Crippen LogP contribution in [0.15, 0.2) is 42.0 Å². The summed E-state index contributed by atoms with van der Waals surface area (Å²) in [6, 6.07) is 6.83. The van der Waals surface area contributed by atoms with Crippen molar-refractivity contribution in [1.29, 1.82) is 0 Å². The maximum Gasteiger partial charge on any atom is -0.00614 e. The van der Waals surface area contributed by atoms with Crippen molar-refractivity contribution in [3.8, 4) is 0 Å². The normalized spacial score (nSPS) is 11.6. The Morgan fingerprint density at radius 2 is 2.00 bits per heavy atom. The van der Waals surface area contributed by atoms with E-state index in [2.05, 4.69) is 58.5 Å². The maximum absolute atomic E-state index is 3.96. The van der Waals surface area contributed by atoms with E-state index in [4.69, 9.17) is 0 Å². The zero-order chi connectivity index (χ0) is 12.8.